The van der Waals surface area contributed by atoms with Gasteiger partial charge in [0.05, 0.1) is 12.7 Å². The number of carbonyl (C=O) groups excluding carboxylic acids is 1. The van der Waals surface area contributed by atoms with Crippen LogP contribution in [0.2, 0.25) is 0 Å². The number of hydrazine groups is 1. The lowest BCUT2D eigenvalue weighted by molar-refractivity contribution is 0.0458. The molecule has 0 fully saturated rings. The number of amides is 1. The minimum atomic E-state index is -0.278. The molecule has 0 saturated carbocycles. The minimum Gasteiger partial charge on any atom is -0.374 e. The van der Waals surface area contributed by atoms with Gasteiger partial charge in [0.25, 0.3) is 5.91 Å². The van der Waals surface area contributed by atoms with E-state index in [0.29, 0.717) is 12.2 Å². The Morgan fingerprint density at radius 2 is 2.15 bits per heavy atom. The number of nitrogens with two attached hydrogens (primary N) is 1. The van der Waals surface area contributed by atoms with Crippen molar-refractivity contribution in [1.82, 2.24) is 5.43 Å². The number of ether oxygens (including phenoxy) is 1. The smallest absolute Gasteiger partial charge is 0.265 e. The number of hydrogen-bond donors (Lipinski definition) is 2. The van der Waals surface area contributed by atoms with Gasteiger partial charge in [-0.1, -0.05) is 44.7 Å². The third-order valence-electron chi connectivity index (χ3n) is 3.32. The molecule has 20 heavy (non-hydrogen) atoms. The molecule has 1 aromatic carbocycles. The molecule has 1 amide bonds. The fourth-order valence-electron chi connectivity index (χ4n) is 2.07. The van der Waals surface area contributed by atoms with E-state index >= 15 is 0 Å². The van der Waals surface area contributed by atoms with Crippen LogP contribution in [-0.4, -0.2) is 12.0 Å². The Hall–Kier alpha value is -1.39. The molecule has 3 N–H and O–H groups in total. The van der Waals surface area contributed by atoms with Crippen LogP contribution in [0, 0.1) is 0 Å². The highest BCUT2D eigenvalue weighted by Gasteiger charge is 2.06. The maximum Gasteiger partial charge on any atom is 0.265 e. The van der Waals surface area contributed by atoms with Gasteiger partial charge in [0.1, 0.15) is 0 Å². The minimum absolute atomic E-state index is 0.249. The van der Waals surface area contributed by atoms with Gasteiger partial charge in [-0.3, -0.25) is 10.2 Å². The quantitative estimate of drug-likeness (QED) is 0.315. The summed E-state index contributed by atoms with van der Waals surface area (Å²) in [5.74, 6) is 4.85. The Labute approximate surface area is 121 Å². The van der Waals surface area contributed by atoms with E-state index < -0.39 is 0 Å². The highest BCUT2D eigenvalue weighted by atomic mass is 16.5. The summed E-state index contributed by atoms with van der Waals surface area (Å²) in [6, 6.07) is 7.35. The van der Waals surface area contributed by atoms with Crippen LogP contribution in [0.5, 0.6) is 0 Å². The van der Waals surface area contributed by atoms with Crippen LogP contribution in [0.1, 0.15) is 61.9 Å². The predicted octanol–water partition coefficient (Wildman–Crippen LogP) is 3.17. The summed E-state index contributed by atoms with van der Waals surface area (Å²) < 4.78 is 5.81. The number of benzene rings is 1. The molecule has 0 aliphatic rings. The molecular weight excluding hydrogens is 252 g/mol. The first-order valence-corrected chi connectivity index (χ1v) is 7.38. The lowest BCUT2D eigenvalue weighted by atomic mass is 10.1. The fourth-order valence-corrected chi connectivity index (χ4v) is 2.07. The molecule has 1 atom stereocenters. The van der Waals surface area contributed by atoms with Gasteiger partial charge in [-0.15, -0.1) is 0 Å². The Bertz CT molecular complexity index is 407. The highest BCUT2D eigenvalue weighted by molar-refractivity contribution is 5.93. The molecule has 0 aliphatic heterocycles. The maximum atomic E-state index is 11.4. The summed E-state index contributed by atoms with van der Waals surface area (Å²) in [7, 11) is 0. The highest BCUT2D eigenvalue weighted by Crippen LogP contribution is 2.12. The Balaban J connectivity index is 2.35. The third kappa shape index (κ3) is 6.17. The average molecular weight is 278 g/mol. The second-order valence-corrected chi connectivity index (χ2v) is 5.14. The Morgan fingerprint density at radius 3 is 2.85 bits per heavy atom. The van der Waals surface area contributed by atoms with Gasteiger partial charge in [-0.2, -0.15) is 0 Å². The van der Waals surface area contributed by atoms with E-state index in [1.165, 1.54) is 25.7 Å². The standard InChI is InChI=1S/C16H26N2O2/c1-3-4-5-6-8-13(2)20-12-14-9-7-10-15(11-14)16(19)18-17/h7,9-11,13H,3-6,8,12,17H2,1-2H3,(H,18,19). The molecular formula is C16H26N2O2. The van der Waals surface area contributed by atoms with Crippen LogP contribution in [0.4, 0.5) is 0 Å². The van der Waals surface area contributed by atoms with Crippen LogP contribution >= 0.6 is 0 Å². The van der Waals surface area contributed by atoms with Gasteiger partial charge >= 0.3 is 0 Å². The second kappa shape index (κ2) is 9.50. The maximum absolute atomic E-state index is 11.4. The summed E-state index contributed by atoms with van der Waals surface area (Å²) in [5, 5.41) is 0. The molecule has 0 spiro atoms. The summed E-state index contributed by atoms with van der Waals surface area (Å²) in [6.45, 7) is 4.84. The average Bonchev–Trinajstić information content (AvgIpc) is 2.49. The number of nitrogen functional groups attached to an aromatic ring is 1. The van der Waals surface area contributed by atoms with E-state index in [4.69, 9.17) is 10.6 Å². The van der Waals surface area contributed by atoms with Crippen LogP contribution < -0.4 is 11.3 Å². The van der Waals surface area contributed by atoms with Crippen molar-refractivity contribution in [3.05, 3.63) is 35.4 Å². The van der Waals surface area contributed by atoms with Gasteiger partial charge in [0.2, 0.25) is 0 Å². The van der Waals surface area contributed by atoms with Crippen LogP contribution in [-0.2, 0) is 11.3 Å². The Morgan fingerprint density at radius 1 is 1.35 bits per heavy atom. The lowest BCUT2D eigenvalue weighted by Crippen LogP contribution is -2.30. The monoisotopic (exact) mass is 278 g/mol. The van der Waals surface area contributed by atoms with Crippen molar-refractivity contribution in [2.75, 3.05) is 0 Å². The molecule has 1 rings (SSSR count). The van der Waals surface area contributed by atoms with Crippen LogP contribution in [0.25, 0.3) is 0 Å². The number of carbonyl (C=O) groups is 1. The van der Waals surface area contributed by atoms with Crippen molar-refractivity contribution in [1.29, 1.82) is 0 Å². The van der Waals surface area contributed by atoms with Crippen LogP contribution in [0.3, 0.4) is 0 Å². The first-order valence-electron chi connectivity index (χ1n) is 7.38. The SMILES string of the molecule is CCCCCCC(C)OCc1cccc(C(=O)NN)c1. The summed E-state index contributed by atoms with van der Waals surface area (Å²) in [4.78, 5) is 11.4. The number of unbranched alkanes of at least 4 members (excludes halogenated alkanes) is 3. The molecule has 1 unspecified atom stereocenters. The first kappa shape index (κ1) is 16.7. The van der Waals surface area contributed by atoms with Gasteiger partial charge in [0, 0.05) is 5.56 Å². The van der Waals surface area contributed by atoms with E-state index in [1.807, 2.05) is 18.2 Å². The van der Waals surface area contributed by atoms with Crippen molar-refractivity contribution >= 4 is 5.91 Å². The topological polar surface area (TPSA) is 64.3 Å². The second-order valence-electron chi connectivity index (χ2n) is 5.14. The molecule has 0 radical (unpaired) electrons. The largest absolute Gasteiger partial charge is 0.374 e. The summed E-state index contributed by atoms with van der Waals surface area (Å²) in [5.41, 5.74) is 3.69. The van der Waals surface area contributed by atoms with E-state index in [9.17, 15) is 4.79 Å². The fraction of sp³-hybridized carbons (Fsp3) is 0.562. The molecule has 0 bridgehead atoms. The lowest BCUT2D eigenvalue weighted by Gasteiger charge is -2.13. The molecule has 1 aromatic rings. The van der Waals surface area contributed by atoms with Gasteiger partial charge in [-0.05, 0) is 31.0 Å². The molecule has 4 nitrogen and oxygen atoms in total. The Kier molecular flexibility index (Phi) is 7.92. The molecule has 0 heterocycles. The molecule has 112 valence electrons. The van der Waals surface area contributed by atoms with E-state index in [-0.39, 0.29) is 12.0 Å². The van der Waals surface area contributed by atoms with Gasteiger partial charge < -0.3 is 4.74 Å². The third-order valence-corrected chi connectivity index (χ3v) is 3.32. The van der Waals surface area contributed by atoms with Gasteiger partial charge in [-0.25, -0.2) is 5.84 Å². The molecule has 0 aliphatic carbocycles. The van der Waals surface area contributed by atoms with E-state index in [1.54, 1.807) is 6.07 Å². The molecule has 0 saturated heterocycles. The first-order chi connectivity index (χ1) is 9.67. The van der Waals surface area contributed by atoms with E-state index in [0.717, 1.165) is 12.0 Å². The van der Waals surface area contributed by atoms with Crippen molar-refractivity contribution < 1.29 is 9.53 Å². The van der Waals surface area contributed by atoms with Crippen molar-refractivity contribution in [3.8, 4) is 0 Å². The van der Waals surface area contributed by atoms with E-state index in [2.05, 4.69) is 19.3 Å². The molecule has 0 aromatic heterocycles. The van der Waals surface area contributed by atoms with Crippen molar-refractivity contribution in [2.24, 2.45) is 5.84 Å². The number of nitrogens with one attached hydrogen (secondary N) is 1. The number of hydrogen-bond acceptors (Lipinski definition) is 3. The number of rotatable bonds is 9. The van der Waals surface area contributed by atoms with Crippen molar-refractivity contribution in [2.45, 2.75) is 58.7 Å². The zero-order valence-electron chi connectivity index (χ0n) is 12.5. The van der Waals surface area contributed by atoms with Gasteiger partial charge in [0.15, 0.2) is 0 Å². The molecule has 4 heteroatoms. The summed E-state index contributed by atoms with van der Waals surface area (Å²) in [6.07, 6.45) is 6.37. The normalized spacial score (nSPS) is 12.2. The summed E-state index contributed by atoms with van der Waals surface area (Å²) >= 11 is 0. The zero-order valence-corrected chi connectivity index (χ0v) is 12.5. The van der Waals surface area contributed by atoms with Crippen molar-refractivity contribution in [3.63, 3.8) is 0 Å². The predicted molar refractivity (Wildman–Crippen MR) is 81.1 cm³/mol. The zero-order chi connectivity index (χ0) is 14.8. The van der Waals surface area contributed by atoms with Crippen LogP contribution in [0.15, 0.2) is 24.3 Å².